The second-order valence-corrected chi connectivity index (χ2v) is 4.55. The molecule has 5 heteroatoms. The molecule has 72 valence electrons. The molecule has 0 aliphatic heterocycles. The second kappa shape index (κ2) is 4.69. The highest BCUT2D eigenvalue weighted by molar-refractivity contribution is 8.00. The van der Waals surface area contributed by atoms with Gasteiger partial charge in [0, 0.05) is 11.9 Å². The number of rotatable bonds is 5. The minimum Gasteiger partial charge on any atom is -0.480 e. The molecule has 0 heterocycles. The van der Waals surface area contributed by atoms with Crippen molar-refractivity contribution in [3.8, 4) is 0 Å². The lowest BCUT2D eigenvalue weighted by molar-refractivity contribution is -0.139. The number of thioether (sulfide) groups is 1. The van der Waals surface area contributed by atoms with Crippen LogP contribution in [0.2, 0.25) is 0 Å². The number of hydrogen-bond donors (Lipinski definition) is 2. The third-order valence-corrected chi connectivity index (χ3v) is 2.92. The third-order valence-electron chi connectivity index (χ3n) is 1.56. The summed E-state index contributed by atoms with van der Waals surface area (Å²) in [5.74, 6) is -0.530. The summed E-state index contributed by atoms with van der Waals surface area (Å²) < 4.78 is 4.32. The molecule has 0 saturated heterocycles. The molecular weight excluding hydrogens is 178 g/mol. The third kappa shape index (κ3) is 3.42. The molecule has 0 saturated carbocycles. The predicted molar refractivity (Wildman–Crippen MR) is 49.2 cm³/mol. The van der Waals surface area contributed by atoms with E-state index in [4.69, 9.17) is 15.6 Å². The number of carbonyl (C=O) groups is 1. The highest BCUT2D eigenvalue weighted by atomic mass is 32.2. The summed E-state index contributed by atoms with van der Waals surface area (Å²) in [6.07, 6.45) is 0. The first kappa shape index (κ1) is 11.7. The van der Waals surface area contributed by atoms with Crippen LogP contribution < -0.4 is 5.73 Å². The first-order chi connectivity index (χ1) is 5.41. The lowest BCUT2D eigenvalue weighted by atomic mass is 10.1. The van der Waals surface area contributed by atoms with E-state index in [0.717, 1.165) is 0 Å². The molecule has 0 fully saturated rings. The largest absolute Gasteiger partial charge is 0.480 e. The van der Waals surface area contributed by atoms with Crippen LogP contribution in [-0.2, 0) is 9.53 Å². The van der Waals surface area contributed by atoms with Crippen molar-refractivity contribution in [2.75, 3.05) is 13.0 Å². The van der Waals surface area contributed by atoms with Gasteiger partial charge in [0.2, 0.25) is 0 Å². The zero-order valence-corrected chi connectivity index (χ0v) is 8.35. The van der Waals surface area contributed by atoms with E-state index >= 15 is 0 Å². The van der Waals surface area contributed by atoms with Crippen molar-refractivity contribution in [2.24, 2.45) is 5.73 Å². The van der Waals surface area contributed by atoms with Gasteiger partial charge >= 0.3 is 5.97 Å². The summed E-state index contributed by atoms with van der Waals surface area (Å²) in [7, 11) is 1.56. The summed E-state index contributed by atoms with van der Waals surface area (Å²) in [5.41, 5.74) is 5.46. The van der Waals surface area contributed by atoms with E-state index in [-0.39, 0.29) is 0 Å². The van der Waals surface area contributed by atoms with Gasteiger partial charge in [-0.25, -0.2) is 0 Å². The van der Waals surface area contributed by atoms with Crippen LogP contribution in [0.3, 0.4) is 0 Å². The standard InChI is InChI=1S/C7H15NO3S/c1-7(2,12-4-11-3)5(8)6(9)10/h5H,4,8H2,1-3H3,(H,9,10)/t5-/m1/s1. The molecule has 0 aromatic heterocycles. The van der Waals surface area contributed by atoms with Crippen molar-refractivity contribution >= 4 is 17.7 Å². The van der Waals surface area contributed by atoms with Crippen molar-refractivity contribution in [3.63, 3.8) is 0 Å². The SMILES string of the molecule is COCSC(C)(C)[C@H](N)C(=O)O. The number of nitrogens with two attached hydrogens (primary N) is 1. The fourth-order valence-corrected chi connectivity index (χ4v) is 1.30. The second-order valence-electron chi connectivity index (χ2n) is 2.97. The van der Waals surface area contributed by atoms with Gasteiger partial charge in [0.1, 0.15) is 6.04 Å². The Morgan fingerprint density at radius 3 is 2.58 bits per heavy atom. The van der Waals surface area contributed by atoms with Crippen LogP contribution >= 0.6 is 11.8 Å². The molecular formula is C7H15NO3S. The van der Waals surface area contributed by atoms with Crippen LogP contribution in [0.5, 0.6) is 0 Å². The molecule has 0 rings (SSSR count). The molecule has 0 unspecified atom stereocenters. The van der Waals surface area contributed by atoms with E-state index in [1.807, 2.05) is 0 Å². The summed E-state index contributed by atoms with van der Waals surface area (Å²) in [5, 5.41) is 8.64. The maximum absolute atomic E-state index is 10.5. The fourth-order valence-electron chi connectivity index (χ4n) is 0.598. The molecule has 0 bridgehead atoms. The molecule has 12 heavy (non-hydrogen) atoms. The first-order valence-electron chi connectivity index (χ1n) is 3.53. The molecule has 0 spiro atoms. The number of aliphatic carboxylic acids is 1. The Hall–Kier alpha value is -0.260. The Labute approximate surface area is 76.5 Å². The lowest BCUT2D eigenvalue weighted by Crippen LogP contribution is -2.46. The topological polar surface area (TPSA) is 72.5 Å². The molecule has 3 N–H and O–H groups in total. The van der Waals surface area contributed by atoms with Gasteiger partial charge in [0.15, 0.2) is 0 Å². The molecule has 4 nitrogen and oxygen atoms in total. The highest BCUT2D eigenvalue weighted by Crippen LogP contribution is 2.26. The first-order valence-corrected chi connectivity index (χ1v) is 4.51. The van der Waals surface area contributed by atoms with Gasteiger partial charge < -0.3 is 15.6 Å². The number of hydrogen-bond acceptors (Lipinski definition) is 4. The van der Waals surface area contributed by atoms with Crippen LogP contribution in [-0.4, -0.2) is 34.9 Å². The van der Waals surface area contributed by atoms with Crippen LogP contribution in [0.1, 0.15) is 13.8 Å². The average molecular weight is 193 g/mol. The van der Waals surface area contributed by atoms with E-state index in [1.54, 1.807) is 21.0 Å². The van der Waals surface area contributed by atoms with Crippen molar-refractivity contribution in [3.05, 3.63) is 0 Å². The Bertz CT molecular complexity index is 161. The molecule has 0 aliphatic carbocycles. The monoisotopic (exact) mass is 193 g/mol. The normalized spacial score (nSPS) is 14.3. The van der Waals surface area contributed by atoms with Gasteiger partial charge in [0.05, 0.1) is 5.94 Å². The Kier molecular flexibility index (Phi) is 4.59. The maximum Gasteiger partial charge on any atom is 0.321 e. The predicted octanol–water partition coefficient (Wildman–Crippen LogP) is 0.514. The van der Waals surface area contributed by atoms with Crippen LogP contribution in [0.15, 0.2) is 0 Å². The van der Waals surface area contributed by atoms with Gasteiger partial charge in [-0.15, -0.1) is 11.8 Å². The van der Waals surface area contributed by atoms with Gasteiger partial charge in [-0.1, -0.05) is 0 Å². The minimum atomic E-state index is -0.983. The maximum atomic E-state index is 10.5. The number of ether oxygens (including phenoxy) is 1. The van der Waals surface area contributed by atoms with Crippen molar-refractivity contribution in [1.29, 1.82) is 0 Å². The Morgan fingerprint density at radius 1 is 1.75 bits per heavy atom. The highest BCUT2D eigenvalue weighted by Gasteiger charge is 2.32. The minimum absolute atomic E-state index is 0.452. The van der Waals surface area contributed by atoms with E-state index in [2.05, 4.69) is 0 Å². The van der Waals surface area contributed by atoms with Gasteiger partial charge in [-0.2, -0.15) is 0 Å². The van der Waals surface area contributed by atoms with E-state index in [1.165, 1.54) is 11.8 Å². The van der Waals surface area contributed by atoms with E-state index in [0.29, 0.717) is 5.94 Å². The summed E-state index contributed by atoms with van der Waals surface area (Å²) >= 11 is 1.39. The number of carboxylic acid groups (broad SMARTS) is 1. The quantitative estimate of drug-likeness (QED) is 0.622. The fraction of sp³-hybridized carbons (Fsp3) is 0.857. The van der Waals surface area contributed by atoms with Crippen LogP contribution in [0.25, 0.3) is 0 Å². The lowest BCUT2D eigenvalue weighted by Gasteiger charge is -2.27. The Balaban J connectivity index is 4.08. The van der Waals surface area contributed by atoms with Crippen LogP contribution in [0.4, 0.5) is 0 Å². The molecule has 0 amide bonds. The van der Waals surface area contributed by atoms with E-state index in [9.17, 15) is 4.79 Å². The van der Waals surface area contributed by atoms with E-state index < -0.39 is 16.8 Å². The average Bonchev–Trinajstić information content (AvgIpc) is 1.99. The zero-order chi connectivity index (χ0) is 9.78. The molecule has 0 aromatic carbocycles. The van der Waals surface area contributed by atoms with Gasteiger partial charge in [0.25, 0.3) is 0 Å². The van der Waals surface area contributed by atoms with Gasteiger partial charge in [-0.3, -0.25) is 4.79 Å². The van der Waals surface area contributed by atoms with Crippen molar-refractivity contribution < 1.29 is 14.6 Å². The van der Waals surface area contributed by atoms with Crippen LogP contribution in [0, 0.1) is 0 Å². The summed E-state index contributed by atoms with van der Waals surface area (Å²) in [6, 6.07) is -0.863. The van der Waals surface area contributed by atoms with Gasteiger partial charge in [-0.05, 0) is 13.8 Å². The number of carboxylic acids is 1. The zero-order valence-electron chi connectivity index (χ0n) is 7.53. The van der Waals surface area contributed by atoms with Crippen molar-refractivity contribution in [2.45, 2.75) is 24.6 Å². The summed E-state index contributed by atoms with van der Waals surface area (Å²) in [4.78, 5) is 10.5. The Morgan fingerprint density at radius 2 is 2.25 bits per heavy atom. The number of methoxy groups -OCH3 is 1. The molecule has 0 radical (unpaired) electrons. The smallest absolute Gasteiger partial charge is 0.321 e. The molecule has 0 aromatic rings. The van der Waals surface area contributed by atoms with Crippen molar-refractivity contribution in [1.82, 2.24) is 0 Å². The molecule has 1 atom stereocenters. The summed E-state index contributed by atoms with van der Waals surface area (Å²) in [6.45, 7) is 3.57. The molecule has 0 aliphatic rings.